The zero-order valence-electron chi connectivity index (χ0n) is 26.2. The molecule has 1 atom stereocenters. The van der Waals surface area contributed by atoms with Crippen molar-refractivity contribution in [3.8, 4) is 0 Å². The van der Waals surface area contributed by atoms with Gasteiger partial charge in [-0.05, 0) is 93.7 Å². The quantitative estimate of drug-likeness (QED) is 0.222. The molecule has 240 valence electrons. The zero-order chi connectivity index (χ0) is 32.5. The Balaban J connectivity index is 1.39. The van der Waals surface area contributed by atoms with Gasteiger partial charge in [0.05, 0.1) is 22.6 Å². The van der Waals surface area contributed by atoms with Crippen LogP contribution in [0.4, 0.5) is 5.69 Å². The second-order valence-electron chi connectivity index (χ2n) is 11.9. The number of nitrogens with one attached hydrogen (secondary N) is 2. The monoisotopic (exact) mass is 670 g/mol. The summed E-state index contributed by atoms with van der Waals surface area (Å²) in [5, 5.41) is 3.38. The molecule has 0 radical (unpaired) electrons. The average Bonchev–Trinajstić information content (AvgIpc) is 3.66. The van der Waals surface area contributed by atoms with E-state index in [0.29, 0.717) is 28.1 Å². The lowest BCUT2D eigenvalue weighted by Gasteiger charge is -2.30. The number of anilines is 1. The Bertz CT molecular complexity index is 1750. The number of aromatic nitrogens is 1. The summed E-state index contributed by atoms with van der Waals surface area (Å²) in [6.45, 7) is 11.9. The second kappa shape index (κ2) is 13.7. The number of amides is 2. The van der Waals surface area contributed by atoms with E-state index in [1.165, 1.54) is 12.1 Å². The summed E-state index contributed by atoms with van der Waals surface area (Å²) in [6.07, 6.45) is 5.14. The fourth-order valence-corrected chi connectivity index (χ4v) is 8.54. The van der Waals surface area contributed by atoms with Crippen molar-refractivity contribution in [2.24, 2.45) is 0 Å². The highest BCUT2D eigenvalue weighted by atomic mass is 35.5. The Morgan fingerprint density at radius 1 is 1.11 bits per heavy atom. The third kappa shape index (κ3) is 7.02. The molecule has 1 aromatic heterocycles. The normalized spacial score (nSPS) is 17.4. The van der Waals surface area contributed by atoms with E-state index >= 15 is 0 Å². The number of aryl methyl sites for hydroxylation is 1. The van der Waals surface area contributed by atoms with Crippen LogP contribution in [-0.4, -0.2) is 67.2 Å². The fourth-order valence-electron chi connectivity index (χ4n) is 6.42. The number of nitrogens with zero attached hydrogens (tertiary/aromatic N) is 2. The smallest absolute Gasteiger partial charge is 0.256 e. The van der Waals surface area contributed by atoms with Gasteiger partial charge in [0.25, 0.3) is 5.91 Å². The van der Waals surface area contributed by atoms with E-state index in [-0.39, 0.29) is 45.0 Å². The van der Waals surface area contributed by atoms with Gasteiger partial charge in [-0.1, -0.05) is 43.1 Å². The molecular formula is C34H40Cl2N4O4S. The highest BCUT2D eigenvalue weighted by molar-refractivity contribution is 7.90. The van der Waals surface area contributed by atoms with Crippen LogP contribution >= 0.6 is 23.2 Å². The Morgan fingerprint density at radius 3 is 2.53 bits per heavy atom. The van der Waals surface area contributed by atoms with Crippen LogP contribution in [-0.2, 0) is 31.6 Å². The Labute approximate surface area is 275 Å². The standard InChI is InChI=1S/C34H40Cl2N4O4S/c1-5-14-39(6-2)19-23-9-8-15-40(23)33(41)18-25-21(3)32(37-22(25)4)17-27-26-16-24(12-13-31(26)38-34(27)42)45(43,44)20-28-29(35)10-7-11-30(28)36/h7,10-13,16-17,23,37H,5-6,8-9,14-15,18-20H2,1-4H3,(H,38,42)/b27-17-/t23-/m0/s1. The maximum atomic E-state index is 13.6. The van der Waals surface area contributed by atoms with E-state index in [9.17, 15) is 18.0 Å². The number of hydrogen-bond donors (Lipinski definition) is 2. The van der Waals surface area contributed by atoms with E-state index in [0.717, 1.165) is 62.3 Å². The van der Waals surface area contributed by atoms with Crippen LogP contribution in [0, 0.1) is 13.8 Å². The van der Waals surface area contributed by atoms with E-state index in [1.54, 1.807) is 30.3 Å². The summed E-state index contributed by atoms with van der Waals surface area (Å²) in [5.41, 5.74) is 5.09. The number of likely N-dealkylation sites (N-methyl/N-ethyl adjacent to an activating group) is 1. The summed E-state index contributed by atoms with van der Waals surface area (Å²) < 4.78 is 26.8. The lowest BCUT2D eigenvalue weighted by Crippen LogP contribution is -2.44. The molecule has 2 aliphatic rings. The van der Waals surface area contributed by atoms with E-state index < -0.39 is 9.84 Å². The van der Waals surface area contributed by atoms with Crippen molar-refractivity contribution in [2.75, 3.05) is 31.5 Å². The first-order chi connectivity index (χ1) is 21.4. The lowest BCUT2D eigenvalue weighted by molar-refractivity contribution is -0.131. The number of halogens is 2. The van der Waals surface area contributed by atoms with Gasteiger partial charge < -0.3 is 20.1 Å². The number of rotatable bonds is 11. The molecule has 1 saturated heterocycles. The molecule has 5 rings (SSSR count). The van der Waals surface area contributed by atoms with E-state index in [4.69, 9.17) is 23.2 Å². The third-order valence-corrected chi connectivity index (χ3v) is 11.3. The topological polar surface area (TPSA) is 103 Å². The molecule has 11 heteroatoms. The molecule has 45 heavy (non-hydrogen) atoms. The van der Waals surface area contributed by atoms with Crippen molar-refractivity contribution in [1.82, 2.24) is 14.8 Å². The molecule has 2 aliphatic heterocycles. The maximum absolute atomic E-state index is 13.6. The number of sulfone groups is 1. The predicted octanol–water partition coefficient (Wildman–Crippen LogP) is 6.67. The fraction of sp³-hybridized carbons (Fsp3) is 0.412. The van der Waals surface area contributed by atoms with Crippen LogP contribution in [0.5, 0.6) is 0 Å². The van der Waals surface area contributed by atoms with Crippen LogP contribution in [0.1, 0.15) is 66.8 Å². The summed E-state index contributed by atoms with van der Waals surface area (Å²) in [7, 11) is -3.83. The van der Waals surface area contributed by atoms with Crippen molar-refractivity contribution in [1.29, 1.82) is 0 Å². The number of H-pyrrole nitrogens is 1. The van der Waals surface area contributed by atoms with Gasteiger partial charge in [0, 0.05) is 57.4 Å². The first kappa shape index (κ1) is 33.3. The van der Waals surface area contributed by atoms with Crippen molar-refractivity contribution < 1.29 is 18.0 Å². The van der Waals surface area contributed by atoms with Crippen molar-refractivity contribution in [3.05, 3.63) is 80.1 Å². The van der Waals surface area contributed by atoms with Crippen LogP contribution in [0.25, 0.3) is 11.6 Å². The first-order valence-electron chi connectivity index (χ1n) is 15.5. The maximum Gasteiger partial charge on any atom is 0.256 e. The molecule has 0 spiro atoms. The predicted molar refractivity (Wildman–Crippen MR) is 181 cm³/mol. The minimum Gasteiger partial charge on any atom is -0.359 e. The minimum absolute atomic E-state index is 0.0612. The molecule has 3 heterocycles. The second-order valence-corrected chi connectivity index (χ2v) is 14.7. The molecule has 8 nitrogen and oxygen atoms in total. The third-order valence-electron chi connectivity index (χ3n) is 8.93. The molecule has 0 saturated carbocycles. The van der Waals surface area contributed by atoms with Crippen molar-refractivity contribution in [3.63, 3.8) is 0 Å². The highest BCUT2D eigenvalue weighted by Gasteiger charge is 2.31. The molecular weight excluding hydrogens is 631 g/mol. The van der Waals surface area contributed by atoms with Crippen molar-refractivity contribution in [2.45, 2.75) is 70.1 Å². The van der Waals surface area contributed by atoms with Gasteiger partial charge in [-0.15, -0.1) is 0 Å². The number of likely N-dealkylation sites (tertiary alicyclic amines) is 1. The van der Waals surface area contributed by atoms with Gasteiger partial charge in [-0.2, -0.15) is 0 Å². The van der Waals surface area contributed by atoms with Crippen molar-refractivity contribution >= 4 is 62.2 Å². The van der Waals surface area contributed by atoms with Gasteiger partial charge >= 0.3 is 0 Å². The number of fused-ring (bicyclic) bond motifs is 1. The SMILES string of the molecule is CCCN(CC)C[C@@H]1CCCN1C(=O)Cc1c(C)[nH]c(/C=C2\C(=O)Nc3ccc(S(=O)(=O)Cc4c(Cl)cccc4Cl)cc32)c1C. The molecule has 2 N–H and O–H groups in total. The first-order valence-corrected chi connectivity index (χ1v) is 17.9. The van der Waals surface area contributed by atoms with Gasteiger partial charge in [0.2, 0.25) is 5.91 Å². The Morgan fingerprint density at radius 2 is 1.84 bits per heavy atom. The Kier molecular flexibility index (Phi) is 10.1. The van der Waals surface area contributed by atoms with Crippen LogP contribution in [0.2, 0.25) is 10.0 Å². The van der Waals surface area contributed by atoms with Crippen LogP contribution in [0.3, 0.4) is 0 Å². The van der Waals surface area contributed by atoms with Crippen LogP contribution < -0.4 is 5.32 Å². The number of aromatic amines is 1. The van der Waals surface area contributed by atoms with Gasteiger partial charge in [0.1, 0.15) is 0 Å². The van der Waals surface area contributed by atoms with Crippen LogP contribution in [0.15, 0.2) is 41.3 Å². The highest BCUT2D eigenvalue weighted by Crippen LogP contribution is 2.37. The zero-order valence-corrected chi connectivity index (χ0v) is 28.5. The summed E-state index contributed by atoms with van der Waals surface area (Å²) in [5.74, 6) is -0.582. The average molecular weight is 672 g/mol. The van der Waals surface area contributed by atoms with Gasteiger partial charge in [0.15, 0.2) is 9.84 Å². The molecule has 2 amide bonds. The van der Waals surface area contributed by atoms with Gasteiger partial charge in [-0.25, -0.2) is 8.42 Å². The molecule has 3 aromatic rings. The molecule has 2 aromatic carbocycles. The molecule has 0 aliphatic carbocycles. The summed E-state index contributed by atoms with van der Waals surface area (Å²) >= 11 is 12.5. The number of carbonyl (C=O) groups excluding carboxylic acids is 2. The molecule has 1 fully saturated rings. The summed E-state index contributed by atoms with van der Waals surface area (Å²) in [4.78, 5) is 34.5. The largest absolute Gasteiger partial charge is 0.359 e. The van der Waals surface area contributed by atoms with E-state index in [2.05, 4.69) is 29.0 Å². The molecule has 0 unspecified atom stereocenters. The molecule has 0 bridgehead atoms. The van der Waals surface area contributed by atoms with E-state index in [1.807, 2.05) is 18.7 Å². The number of hydrogen-bond acceptors (Lipinski definition) is 5. The number of benzene rings is 2. The number of carbonyl (C=O) groups is 2. The Hall–Kier alpha value is -3.11. The summed E-state index contributed by atoms with van der Waals surface area (Å²) in [6, 6.07) is 9.67. The van der Waals surface area contributed by atoms with Gasteiger partial charge in [-0.3, -0.25) is 9.59 Å². The lowest BCUT2D eigenvalue weighted by atomic mass is 10.0. The minimum atomic E-state index is -3.83.